The van der Waals surface area contributed by atoms with E-state index in [1.807, 2.05) is 0 Å². The van der Waals surface area contributed by atoms with E-state index in [9.17, 15) is 18.0 Å². The highest BCUT2D eigenvalue weighted by Gasteiger charge is 2.38. The van der Waals surface area contributed by atoms with Gasteiger partial charge in [-0.3, -0.25) is 4.90 Å². The van der Waals surface area contributed by atoms with Crippen LogP contribution in [0.1, 0.15) is 42.5 Å². The lowest BCUT2D eigenvalue weighted by molar-refractivity contribution is -0.137. The predicted molar refractivity (Wildman–Crippen MR) is 108 cm³/mol. The molecule has 3 heterocycles. The highest BCUT2D eigenvalue weighted by atomic mass is 32.1. The van der Waals surface area contributed by atoms with Crippen LogP contribution in [0.2, 0.25) is 0 Å². The van der Waals surface area contributed by atoms with Crippen molar-refractivity contribution in [1.82, 2.24) is 10.2 Å². The van der Waals surface area contributed by atoms with Gasteiger partial charge in [0.2, 0.25) is 0 Å². The van der Waals surface area contributed by atoms with E-state index in [0.717, 1.165) is 44.4 Å². The van der Waals surface area contributed by atoms with Gasteiger partial charge < -0.3 is 10.6 Å². The summed E-state index contributed by atoms with van der Waals surface area (Å²) < 4.78 is 38.0. The second kappa shape index (κ2) is 8.36. The maximum Gasteiger partial charge on any atom is 0.416 e. The molecule has 2 fully saturated rings. The number of nitrogens with one attached hydrogen (secondary N) is 2. The third-order valence-electron chi connectivity index (χ3n) is 5.85. The first kappa shape index (κ1) is 20.2. The van der Waals surface area contributed by atoms with E-state index in [2.05, 4.69) is 33.0 Å². The number of rotatable bonds is 4. The van der Waals surface area contributed by atoms with Crippen LogP contribution in [0.3, 0.4) is 0 Å². The van der Waals surface area contributed by atoms with Gasteiger partial charge in [0.15, 0.2) is 0 Å². The summed E-state index contributed by atoms with van der Waals surface area (Å²) >= 11 is 1.78. The highest BCUT2D eigenvalue weighted by molar-refractivity contribution is 7.09. The van der Waals surface area contributed by atoms with Crippen LogP contribution in [0.5, 0.6) is 0 Å². The van der Waals surface area contributed by atoms with Gasteiger partial charge in [-0.2, -0.15) is 13.2 Å². The molecule has 29 heavy (non-hydrogen) atoms. The van der Waals surface area contributed by atoms with E-state index < -0.39 is 11.7 Å². The van der Waals surface area contributed by atoms with Gasteiger partial charge in [-0.1, -0.05) is 12.5 Å². The number of fused-ring (bicyclic) bond motifs is 2. The fraction of sp³-hybridized carbons (Fsp3) is 0.476. The molecule has 0 spiro atoms. The smallest absolute Gasteiger partial charge is 0.335 e. The lowest BCUT2D eigenvalue weighted by Crippen LogP contribution is -2.56. The minimum atomic E-state index is -4.38. The first-order valence-electron chi connectivity index (χ1n) is 9.91. The van der Waals surface area contributed by atoms with Crippen molar-refractivity contribution in [3.05, 3.63) is 52.2 Å². The summed E-state index contributed by atoms with van der Waals surface area (Å²) in [4.78, 5) is 16.3. The predicted octanol–water partition coefficient (Wildman–Crippen LogP) is 5.47. The van der Waals surface area contributed by atoms with Crippen LogP contribution in [0, 0.1) is 0 Å². The molecule has 1 aromatic carbocycles. The molecule has 2 aliphatic rings. The average molecular weight is 424 g/mol. The van der Waals surface area contributed by atoms with Gasteiger partial charge in [0.25, 0.3) is 0 Å². The van der Waals surface area contributed by atoms with Crippen LogP contribution in [0.15, 0.2) is 41.8 Å². The van der Waals surface area contributed by atoms with Gasteiger partial charge in [0.05, 0.1) is 5.56 Å². The Labute approximate surface area is 172 Å². The van der Waals surface area contributed by atoms with Gasteiger partial charge in [-0.25, -0.2) is 4.79 Å². The molecule has 2 bridgehead atoms. The number of hydrogen-bond donors (Lipinski definition) is 2. The minimum Gasteiger partial charge on any atom is -0.335 e. The van der Waals surface area contributed by atoms with E-state index >= 15 is 0 Å². The van der Waals surface area contributed by atoms with Crippen LogP contribution >= 0.6 is 11.3 Å². The number of urea groups is 1. The monoisotopic (exact) mass is 423 g/mol. The fourth-order valence-electron chi connectivity index (χ4n) is 4.53. The van der Waals surface area contributed by atoms with Crippen molar-refractivity contribution >= 4 is 23.1 Å². The Bertz CT molecular complexity index is 809. The highest BCUT2D eigenvalue weighted by Crippen LogP contribution is 2.36. The summed E-state index contributed by atoms with van der Waals surface area (Å²) in [7, 11) is 0. The van der Waals surface area contributed by atoms with E-state index in [0.29, 0.717) is 17.8 Å². The van der Waals surface area contributed by atoms with Crippen LogP contribution in [0.25, 0.3) is 0 Å². The molecule has 0 aliphatic carbocycles. The van der Waals surface area contributed by atoms with Gasteiger partial charge in [0, 0.05) is 35.2 Å². The molecule has 2 aliphatic heterocycles. The van der Waals surface area contributed by atoms with E-state index in [4.69, 9.17) is 0 Å². The van der Waals surface area contributed by atoms with Crippen molar-refractivity contribution in [3.63, 3.8) is 0 Å². The topological polar surface area (TPSA) is 44.4 Å². The second-order valence-electron chi connectivity index (χ2n) is 7.83. The van der Waals surface area contributed by atoms with Crippen molar-refractivity contribution in [2.45, 2.75) is 63.0 Å². The standard InChI is InChI=1S/C21H24F3N3OS/c22-21(23,24)14-6-8-15(9-7-14)25-20(28)26-16-11-17-3-1-4-18(12-16)27(17)13-19-5-2-10-29-19/h2,5-10,16-18H,1,3-4,11-13H2,(H2,25,26,28)/t16?,17-,18+. The fourth-order valence-corrected chi connectivity index (χ4v) is 5.24. The molecule has 2 N–H and O–H groups in total. The Morgan fingerprint density at radius 1 is 1.10 bits per heavy atom. The number of halogens is 3. The number of amides is 2. The maximum absolute atomic E-state index is 12.7. The molecular formula is C21H24F3N3OS. The number of piperidine rings is 2. The van der Waals surface area contributed by atoms with Gasteiger partial charge in [-0.05, 0) is 61.4 Å². The molecular weight excluding hydrogens is 399 g/mol. The number of alkyl halides is 3. The number of nitrogens with zero attached hydrogens (tertiary/aromatic N) is 1. The first-order chi connectivity index (χ1) is 13.9. The zero-order valence-electron chi connectivity index (χ0n) is 15.9. The van der Waals surface area contributed by atoms with E-state index in [1.165, 1.54) is 23.4 Å². The number of carbonyl (C=O) groups is 1. The molecule has 4 nitrogen and oxygen atoms in total. The van der Waals surface area contributed by atoms with Crippen molar-refractivity contribution in [2.75, 3.05) is 5.32 Å². The molecule has 2 aromatic rings. The van der Waals surface area contributed by atoms with Crippen molar-refractivity contribution in [2.24, 2.45) is 0 Å². The Kier molecular flexibility index (Phi) is 5.83. The molecule has 2 saturated heterocycles. The summed E-state index contributed by atoms with van der Waals surface area (Å²) in [5.74, 6) is 0. The lowest BCUT2D eigenvalue weighted by Gasteiger charge is -2.48. The molecule has 0 saturated carbocycles. The Morgan fingerprint density at radius 2 is 1.79 bits per heavy atom. The minimum absolute atomic E-state index is 0.0827. The number of hydrogen-bond acceptors (Lipinski definition) is 3. The third-order valence-corrected chi connectivity index (χ3v) is 6.71. The number of carbonyl (C=O) groups excluding carboxylic acids is 1. The van der Waals surface area contributed by atoms with Crippen LogP contribution in [-0.2, 0) is 12.7 Å². The lowest BCUT2D eigenvalue weighted by atomic mass is 9.81. The Balaban J connectivity index is 1.32. The largest absolute Gasteiger partial charge is 0.416 e. The average Bonchev–Trinajstić information content (AvgIpc) is 3.15. The normalized spacial score (nSPS) is 24.9. The van der Waals surface area contributed by atoms with Crippen LogP contribution in [0.4, 0.5) is 23.7 Å². The molecule has 8 heteroatoms. The summed E-state index contributed by atoms with van der Waals surface area (Å²) in [5, 5.41) is 7.78. The summed E-state index contributed by atoms with van der Waals surface area (Å²) in [6.07, 6.45) is 0.933. The van der Waals surface area contributed by atoms with Crippen molar-refractivity contribution in [3.8, 4) is 0 Å². The molecule has 3 atom stereocenters. The van der Waals surface area contributed by atoms with Gasteiger partial charge >= 0.3 is 12.2 Å². The molecule has 1 unspecified atom stereocenters. The maximum atomic E-state index is 12.7. The second-order valence-corrected chi connectivity index (χ2v) is 8.86. The molecule has 1 aromatic heterocycles. The first-order valence-corrected chi connectivity index (χ1v) is 10.8. The summed E-state index contributed by atoms with van der Waals surface area (Å²) in [5.41, 5.74) is -0.375. The number of anilines is 1. The zero-order chi connectivity index (χ0) is 20.4. The summed E-state index contributed by atoms with van der Waals surface area (Å²) in [6.45, 7) is 0.970. The number of benzene rings is 1. The molecule has 2 amide bonds. The van der Waals surface area contributed by atoms with E-state index in [-0.39, 0.29) is 12.1 Å². The van der Waals surface area contributed by atoms with Crippen LogP contribution < -0.4 is 10.6 Å². The van der Waals surface area contributed by atoms with E-state index in [1.54, 1.807) is 11.3 Å². The number of thiophene rings is 1. The third kappa shape index (κ3) is 4.93. The summed E-state index contributed by atoms with van der Waals surface area (Å²) in [6, 6.07) is 9.40. The molecule has 0 radical (unpaired) electrons. The molecule has 156 valence electrons. The quantitative estimate of drug-likeness (QED) is 0.685. The van der Waals surface area contributed by atoms with Crippen molar-refractivity contribution < 1.29 is 18.0 Å². The zero-order valence-corrected chi connectivity index (χ0v) is 16.7. The van der Waals surface area contributed by atoms with Crippen LogP contribution in [-0.4, -0.2) is 29.1 Å². The SMILES string of the molecule is O=C(Nc1ccc(C(F)(F)F)cc1)NC1C[C@H]2CCC[C@@H](C1)N2Cc1cccs1. The van der Waals surface area contributed by atoms with Crippen molar-refractivity contribution in [1.29, 1.82) is 0 Å². The van der Waals surface area contributed by atoms with Gasteiger partial charge in [0.1, 0.15) is 0 Å². The molecule has 4 rings (SSSR count). The van der Waals surface area contributed by atoms with Gasteiger partial charge in [-0.15, -0.1) is 11.3 Å². The Morgan fingerprint density at radius 3 is 2.38 bits per heavy atom. The Hall–Kier alpha value is -2.06.